The van der Waals surface area contributed by atoms with E-state index in [-0.39, 0.29) is 40.7 Å². The topological polar surface area (TPSA) is 97.2 Å². The number of anilines is 1. The Morgan fingerprint density at radius 1 is 1.17 bits per heavy atom. The van der Waals surface area contributed by atoms with Gasteiger partial charge in [0.25, 0.3) is 0 Å². The number of alkyl halides is 1. The third kappa shape index (κ3) is 4.37. The minimum atomic E-state index is -0.910. The number of phenolic OH excluding ortho intramolecular Hbond substituents is 1. The molecule has 3 aromatic rings. The zero-order chi connectivity index (χ0) is 24.7. The lowest BCUT2D eigenvalue weighted by molar-refractivity contribution is 0.0113. The Balaban J connectivity index is 1.37. The second kappa shape index (κ2) is 8.98. The highest BCUT2D eigenvalue weighted by Gasteiger charge is 2.47. The zero-order valence-corrected chi connectivity index (χ0v) is 19.9. The number of phenols is 1. The van der Waals surface area contributed by atoms with E-state index in [0.29, 0.717) is 16.9 Å². The van der Waals surface area contributed by atoms with Gasteiger partial charge < -0.3 is 14.7 Å². The van der Waals surface area contributed by atoms with Crippen molar-refractivity contribution in [1.82, 2.24) is 25.1 Å². The van der Waals surface area contributed by atoms with Gasteiger partial charge in [-0.1, -0.05) is 19.4 Å². The molecule has 8 nitrogen and oxygen atoms in total. The fourth-order valence-electron chi connectivity index (χ4n) is 5.61. The summed E-state index contributed by atoms with van der Waals surface area (Å²) in [5, 5.41) is 19.1. The summed E-state index contributed by atoms with van der Waals surface area (Å²) in [6.07, 6.45) is 6.52. The first-order chi connectivity index (χ1) is 16.8. The summed E-state index contributed by atoms with van der Waals surface area (Å²) >= 11 is 0. The number of methoxy groups -OCH3 is 1. The summed E-state index contributed by atoms with van der Waals surface area (Å²) in [4.78, 5) is 14.0. The standard InChI is InChI=1S/C25H28F2N6O2/c1-25-8-4-5-15(10-25)21(27)18(11-25)33(2)20-13-28-23(32-31-20)16-7-6-14(9-19(16)34)22-17(26)12-29-24(30-22)35-3/h6-7,9,12-13,15,18,21,34H,4-5,8,10-11H2,1-3H3/t15-,18-,21+,25+/m0/s1. The van der Waals surface area contributed by atoms with Crippen LogP contribution < -0.4 is 9.64 Å². The third-order valence-electron chi connectivity index (χ3n) is 7.46. The Kier molecular flexibility index (Phi) is 5.98. The molecule has 0 aliphatic heterocycles. The number of hydrogen-bond acceptors (Lipinski definition) is 8. The Morgan fingerprint density at radius 2 is 2.00 bits per heavy atom. The highest BCUT2D eigenvalue weighted by atomic mass is 19.1. The Bertz CT molecular complexity index is 1230. The fraction of sp³-hybridized carbons (Fsp3) is 0.480. The summed E-state index contributed by atoms with van der Waals surface area (Å²) in [6.45, 7) is 2.26. The maximum absolute atomic E-state index is 15.3. The normalized spacial score (nSPS) is 25.8. The van der Waals surface area contributed by atoms with Gasteiger partial charge in [-0.25, -0.2) is 18.7 Å². The van der Waals surface area contributed by atoms with Gasteiger partial charge >= 0.3 is 6.01 Å². The number of aromatic nitrogens is 5. The van der Waals surface area contributed by atoms with E-state index < -0.39 is 12.0 Å². The molecule has 0 unspecified atom stereocenters. The molecular formula is C25H28F2N6O2. The smallest absolute Gasteiger partial charge is 0.316 e. The molecule has 2 heterocycles. The largest absolute Gasteiger partial charge is 0.507 e. The van der Waals surface area contributed by atoms with Gasteiger partial charge in [0.1, 0.15) is 17.6 Å². The molecule has 0 saturated heterocycles. The summed E-state index contributed by atoms with van der Waals surface area (Å²) in [7, 11) is 3.22. The molecule has 5 rings (SSSR count). The molecule has 2 aromatic heterocycles. The first-order valence-electron chi connectivity index (χ1n) is 11.7. The van der Waals surface area contributed by atoms with Crippen molar-refractivity contribution in [3.63, 3.8) is 0 Å². The van der Waals surface area contributed by atoms with Crippen molar-refractivity contribution in [1.29, 1.82) is 0 Å². The van der Waals surface area contributed by atoms with E-state index in [0.717, 1.165) is 38.3 Å². The summed E-state index contributed by atoms with van der Waals surface area (Å²) in [6, 6.07) is 4.29. The number of aromatic hydroxyl groups is 1. The van der Waals surface area contributed by atoms with E-state index in [1.165, 1.54) is 13.2 Å². The lowest BCUT2D eigenvalue weighted by Crippen LogP contribution is -2.52. The highest BCUT2D eigenvalue weighted by molar-refractivity contribution is 5.71. The molecule has 2 saturated carbocycles. The van der Waals surface area contributed by atoms with E-state index in [9.17, 15) is 9.50 Å². The monoisotopic (exact) mass is 482 g/mol. The van der Waals surface area contributed by atoms with Crippen LogP contribution in [0.4, 0.5) is 14.6 Å². The predicted octanol–water partition coefficient (Wildman–Crippen LogP) is 4.59. The number of fused-ring (bicyclic) bond motifs is 2. The van der Waals surface area contributed by atoms with Crippen LogP contribution in [0.3, 0.4) is 0 Å². The van der Waals surface area contributed by atoms with Crippen LogP contribution in [0.25, 0.3) is 22.6 Å². The van der Waals surface area contributed by atoms with Gasteiger partial charge in [0.15, 0.2) is 17.5 Å². The van der Waals surface area contributed by atoms with Crippen LogP contribution in [0.2, 0.25) is 0 Å². The molecule has 2 bridgehead atoms. The predicted molar refractivity (Wildman–Crippen MR) is 126 cm³/mol. The van der Waals surface area contributed by atoms with Crippen LogP contribution in [0.1, 0.15) is 39.0 Å². The average Bonchev–Trinajstić information content (AvgIpc) is 2.86. The Labute approximate surface area is 202 Å². The maximum Gasteiger partial charge on any atom is 0.316 e. The van der Waals surface area contributed by atoms with Crippen LogP contribution in [-0.4, -0.2) is 56.6 Å². The van der Waals surface area contributed by atoms with Gasteiger partial charge in [-0.05, 0) is 49.1 Å². The molecule has 0 spiro atoms. The van der Waals surface area contributed by atoms with Crippen LogP contribution in [0.15, 0.2) is 30.6 Å². The lowest BCUT2D eigenvalue weighted by Gasteiger charge is -2.50. The number of ether oxygens (including phenoxy) is 1. The average molecular weight is 483 g/mol. The van der Waals surface area contributed by atoms with Crippen molar-refractivity contribution < 1.29 is 18.6 Å². The van der Waals surface area contributed by atoms with Gasteiger partial charge in [0, 0.05) is 12.6 Å². The van der Waals surface area contributed by atoms with Gasteiger partial charge in [-0.3, -0.25) is 0 Å². The Morgan fingerprint density at radius 3 is 2.71 bits per heavy atom. The van der Waals surface area contributed by atoms with E-state index in [4.69, 9.17) is 4.74 Å². The maximum atomic E-state index is 15.3. The first kappa shape index (κ1) is 23.3. The molecular weight excluding hydrogens is 454 g/mol. The summed E-state index contributed by atoms with van der Waals surface area (Å²) < 4.78 is 34.5. The summed E-state index contributed by atoms with van der Waals surface area (Å²) in [5.41, 5.74) is 0.840. The molecule has 184 valence electrons. The highest BCUT2D eigenvalue weighted by Crippen LogP contribution is 2.50. The first-order valence-corrected chi connectivity index (χ1v) is 11.7. The molecule has 2 aliphatic rings. The van der Waals surface area contributed by atoms with Crippen molar-refractivity contribution in [2.45, 2.75) is 51.2 Å². The quantitative estimate of drug-likeness (QED) is 0.564. The molecule has 2 fully saturated rings. The van der Waals surface area contributed by atoms with Crippen molar-refractivity contribution >= 4 is 5.82 Å². The van der Waals surface area contributed by atoms with Crippen molar-refractivity contribution in [2.24, 2.45) is 11.3 Å². The van der Waals surface area contributed by atoms with Crippen molar-refractivity contribution in [2.75, 3.05) is 19.1 Å². The second-order valence-corrected chi connectivity index (χ2v) is 9.92. The van der Waals surface area contributed by atoms with Crippen LogP contribution in [0.5, 0.6) is 11.8 Å². The number of hydrogen-bond donors (Lipinski definition) is 1. The van der Waals surface area contributed by atoms with Gasteiger partial charge in [0.05, 0.1) is 31.1 Å². The Hall–Kier alpha value is -3.43. The molecule has 35 heavy (non-hydrogen) atoms. The molecule has 1 aromatic carbocycles. The van der Waals surface area contributed by atoms with Gasteiger partial charge in [-0.15, -0.1) is 10.2 Å². The second-order valence-electron chi connectivity index (χ2n) is 9.92. The number of nitrogens with zero attached hydrogens (tertiary/aromatic N) is 6. The molecule has 10 heteroatoms. The molecule has 4 atom stereocenters. The van der Waals surface area contributed by atoms with E-state index in [1.54, 1.807) is 18.3 Å². The van der Waals surface area contributed by atoms with E-state index in [1.807, 2.05) is 11.9 Å². The fourth-order valence-corrected chi connectivity index (χ4v) is 5.61. The minimum Gasteiger partial charge on any atom is -0.507 e. The van der Waals surface area contributed by atoms with Gasteiger partial charge in [0.2, 0.25) is 0 Å². The molecule has 1 N–H and O–H groups in total. The van der Waals surface area contributed by atoms with Crippen molar-refractivity contribution in [3.8, 4) is 34.4 Å². The van der Waals surface area contributed by atoms with E-state index in [2.05, 4.69) is 32.1 Å². The third-order valence-corrected chi connectivity index (χ3v) is 7.46. The molecule has 0 amide bonds. The van der Waals surface area contributed by atoms with Crippen LogP contribution in [0, 0.1) is 17.2 Å². The molecule has 0 radical (unpaired) electrons. The summed E-state index contributed by atoms with van der Waals surface area (Å²) in [5.74, 6) is -0.0212. The number of benzene rings is 1. The van der Waals surface area contributed by atoms with Gasteiger partial charge in [-0.2, -0.15) is 4.98 Å². The SMILES string of the molecule is COc1ncc(F)c(-c2ccc(-c3ncc(N(C)[C@H]4C[C@]5(C)CCC[C@@H](C5)[C@H]4F)nn3)c(O)c2)n1. The molecule has 2 aliphatic carbocycles. The van der Waals surface area contributed by atoms with Crippen LogP contribution >= 0.6 is 0 Å². The number of halogens is 2. The van der Waals surface area contributed by atoms with E-state index >= 15 is 4.39 Å². The minimum absolute atomic E-state index is 0.00133. The van der Waals surface area contributed by atoms with Crippen LogP contribution in [-0.2, 0) is 0 Å². The van der Waals surface area contributed by atoms with Crippen molar-refractivity contribution in [3.05, 3.63) is 36.4 Å². The zero-order valence-electron chi connectivity index (χ0n) is 19.9. The lowest BCUT2D eigenvalue weighted by atomic mass is 9.60. The number of rotatable bonds is 5.